The van der Waals surface area contributed by atoms with Gasteiger partial charge in [-0.25, -0.2) is 4.68 Å². The van der Waals surface area contributed by atoms with Gasteiger partial charge in [-0.05, 0) is 18.2 Å². The van der Waals surface area contributed by atoms with Crippen molar-refractivity contribution in [1.29, 1.82) is 0 Å². The fourth-order valence-corrected chi connectivity index (χ4v) is 2.17. The van der Waals surface area contributed by atoms with Crippen molar-refractivity contribution in [3.63, 3.8) is 0 Å². The van der Waals surface area contributed by atoms with Crippen LogP contribution in [0.4, 0.5) is 5.69 Å². The lowest BCUT2D eigenvalue weighted by atomic mass is 10.3. The molecule has 2 aromatic rings. The van der Waals surface area contributed by atoms with Crippen molar-refractivity contribution < 1.29 is 9.66 Å². The molecule has 0 aliphatic carbocycles. The van der Waals surface area contributed by atoms with Crippen molar-refractivity contribution >= 4 is 21.6 Å². The Bertz CT molecular complexity index is 630. The van der Waals surface area contributed by atoms with Gasteiger partial charge >= 0.3 is 0 Å². The molecule has 7 nitrogen and oxygen atoms in total. The van der Waals surface area contributed by atoms with Gasteiger partial charge < -0.3 is 10.1 Å². The third-order valence-corrected chi connectivity index (χ3v) is 3.31. The van der Waals surface area contributed by atoms with Crippen LogP contribution in [0.1, 0.15) is 5.69 Å². The van der Waals surface area contributed by atoms with Crippen molar-refractivity contribution in [2.75, 3.05) is 20.3 Å². The van der Waals surface area contributed by atoms with Crippen LogP contribution in [0.2, 0.25) is 0 Å². The molecule has 0 radical (unpaired) electrons. The third kappa shape index (κ3) is 4.10. The average molecular weight is 355 g/mol. The largest absolute Gasteiger partial charge is 0.383 e. The zero-order chi connectivity index (χ0) is 15.2. The molecule has 0 aliphatic rings. The summed E-state index contributed by atoms with van der Waals surface area (Å²) in [6, 6.07) is 6.71. The summed E-state index contributed by atoms with van der Waals surface area (Å²) in [6.45, 7) is 1.93. The number of rotatable bonds is 7. The number of methoxy groups -OCH3 is 1. The molecule has 1 heterocycles. The van der Waals surface area contributed by atoms with Crippen LogP contribution >= 0.6 is 15.9 Å². The van der Waals surface area contributed by atoms with Crippen molar-refractivity contribution in [3.8, 4) is 5.69 Å². The van der Waals surface area contributed by atoms with Crippen molar-refractivity contribution in [2.24, 2.45) is 0 Å². The van der Waals surface area contributed by atoms with Gasteiger partial charge in [-0.1, -0.05) is 15.9 Å². The SMILES string of the molecule is COCCNCc1ccn(-c2ccc(Br)cc2[N+](=O)[O-])n1. The van der Waals surface area contributed by atoms with Crippen LogP contribution < -0.4 is 5.32 Å². The summed E-state index contributed by atoms with van der Waals surface area (Å²) in [6.07, 6.45) is 1.71. The molecule has 8 heteroatoms. The molecule has 0 unspecified atom stereocenters. The molecule has 0 spiro atoms. The second-order valence-corrected chi connectivity index (χ2v) is 5.23. The van der Waals surface area contributed by atoms with E-state index in [-0.39, 0.29) is 5.69 Å². The Balaban J connectivity index is 2.16. The number of hydrogen-bond acceptors (Lipinski definition) is 5. The van der Waals surface area contributed by atoms with Crippen LogP contribution in [0.25, 0.3) is 5.69 Å². The molecule has 0 aliphatic heterocycles. The second kappa shape index (κ2) is 7.30. The molecule has 1 N–H and O–H groups in total. The number of halogens is 1. The number of nitro groups is 1. The van der Waals surface area contributed by atoms with Crippen molar-refractivity contribution in [2.45, 2.75) is 6.54 Å². The maximum atomic E-state index is 11.1. The minimum Gasteiger partial charge on any atom is -0.383 e. The Labute approximate surface area is 130 Å². The first kappa shape index (κ1) is 15.6. The van der Waals surface area contributed by atoms with Crippen LogP contribution in [-0.2, 0) is 11.3 Å². The fourth-order valence-electron chi connectivity index (χ4n) is 1.82. The Morgan fingerprint density at radius 2 is 2.29 bits per heavy atom. The van der Waals surface area contributed by atoms with E-state index in [0.717, 1.165) is 12.2 Å². The maximum Gasteiger partial charge on any atom is 0.295 e. The highest BCUT2D eigenvalue weighted by atomic mass is 79.9. The minimum absolute atomic E-state index is 0.00590. The van der Waals surface area contributed by atoms with Crippen LogP contribution in [0.15, 0.2) is 34.9 Å². The lowest BCUT2D eigenvalue weighted by Gasteiger charge is -2.04. The Kier molecular flexibility index (Phi) is 5.43. The number of nitro benzene ring substituents is 1. The average Bonchev–Trinajstić information content (AvgIpc) is 2.92. The van der Waals surface area contributed by atoms with Crippen LogP contribution in [0, 0.1) is 10.1 Å². The van der Waals surface area contributed by atoms with E-state index >= 15 is 0 Å². The van der Waals surface area contributed by atoms with Crippen molar-refractivity contribution in [3.05, 3.63) is 50.7 Å². The number of aromatic nitrogens is 2. The topological polar surface area (TPSA) is 82.2 Å². The number of nitrogens with zero attached hydrogens (tertiary/aromatic N) is 3. The summed E-state index contributed by atoms with van der Waals surface area (Å²) in [5, 5.41) is 18.6. The molecule has 0 saturated carbocycles. The highest BCUT2D eigenvalue weighted by Gasteiger charge is 2.16. The number of benzene rings is 1. The van der Waals surface area contributed by atoms with Gasteiger partial charge in [0.1, 0.15) is 5.69 Å². The summed E-state index contributed by atoms with van der Waals surface area (Å²) in [5.41, 5.74) is 1.25. The quantitative estimate of drug-likeness (QED) is 0.468. The molecule has 21 heavy (non-hydrogen) atoms. The van der Waals surface area contributed by atoms with Crippen LogP contribution in [0.5, 0.6) is 0 Å². The standard InChI is InChI=1S/C13H15BrN4O3/c1-21-7-5-15-9-11-4-6-17(16-11)12-3-2-10(14)8-13(12)18(19)20/h2-4,6,8,15H,5,7,9H2,1H3. The van der Waals surface area contributed by atoms with Gasteiger partial charge in [0.25, 0.3) is 5.69 Å². The van der Waals surface area contributed by atoms with E-state index in [4.69, 9.17) is 4.74 Å². The Morgan fingerprint density at radius 3 is 3.00 bits per heavy atom. The summed E-state index contributed by atoms with van der Waals surface area (Å²) in [5.74, 6) is 0. The first-order chi connectivity index (χ1) is 10.1. The Morgan fingerprint density at radius 1 is 1.48 bits per heavy atom. The summed E-state index contributed by atoms with van der Waals surface area (Å²) in [4.78, 5) is 10.7. The van der Waals surface area contributed by atoms with Gasteiger partial charge in [-0.2, -0.15) is 5.10 Å². The molecule has 1 aromatic carbocycles. The minimum atomic E-state index is -0.418. The second-order valence-electron chi connectivity index (χ2n) is 4.31. The molecule has 112 valence electrons. The van der Waals surface area contributed by atoms with E-state index in [9.17, 15) is 10.1 Å². The molecule has 1 aromatic heterocycles. The molecule has 0 fully saturated rings. The van der Waals surface area contributed by atoms with E-state index < -0.39 is 4.92 Å². The molecule has 0 atom stereocenters. The van der Waals surface area contributed by atoms with E-state index in [0.29, 0.717) is 23.3 Å². The van der Waals surface area contributed by atoms with Gasteiger partial charge in [-0.3, -0.25) is 10.1 Å². The van der Waals surface area contributed by atoms with Crippen LogP contribution in [0.3, 0.4) is 0 Å². The van der Waals surface area contributed by atoms with Crippen molar-refractivity contribution in [1.82, 2.24) is 15.1 Å². The van der Waals surface area contributed by atoms with Gasteiger partial charge in [-0.15, -0.1) is 0 Å². The lowest BCUT2D eigenvalue weighted by molar-refractivity contribution is -0.384. The smallest absolute Gasteiger partial charge is 0.295 e. The molecule has 0 bridgehead atoms. The number of ether oxygens (including phenoxy) is 1. The van der Waals surface area contributed by atoms with E-state index in [1.807, 2.05) is 6.07 Å². The first-order valence-electron chi connectivity index (χ1n) is 6.30. The summed E-state index contributed by atoms with van der Waals surface area (Å²) < 4.78 is 7.11. The molecule has 2 rings (SSSR count). The summed E-state index contributed by atoms with van der Waals surface area (Å²) in [7, 11) is 1.64. The molecule has 0 saturated heterocycles. The van der Waals surface area contributed by atoms with Crippen LogP contribution in [-0.4, -0.2) is 35.0 Å². The first-order valence-corrected chi connectivity index (χ1v) is 7.09. The van der Waals surface area contributed by atoms with Gasteiger partial charge in [0.05, 0.1) is 17.2 Å². The summed E-state index contributed by atoms with van der Waals surface area (Å²) >= 11 is 3.24. The molecular formula is C13H15BrN4O3. The third-order valence-electron chi connectivity index (χ3n) is 2.81. The van der Waals surface area contributed by atoms with Gasteiger partial charge in [0.2, 0.25) is 0 Å². The van der Waals surface area contributed by atoms with Gasteiger partial charge in [0.15, 0.2) is 0 Å². The van der Waals surface area contributed by atoms with Gasteiger partial charge in [0, 0.05) is 36.9 Å². The van der Waals surface area contributed by atoms with E-state index in [1.54, 1.807) is 25.4 Å². The highest BCUT2D eigenvalue weighted by Crippen LogP contribution is 2.26. The fraction of sp³-hybridized carbons (Fsp3) is 0.308. The normalized spacial score (nSPS) is 10.8. The van der Waals surface area contributed by atoms with E-state index in [1.165, 1.54) is 10.7 Å². The maximum absolute atomic E-state index is 11.1. The highest BCUT2D eigenvalue weighted by molar-refractivity contribution is 9.10. The number of nitrogens with one attached hydrogen (secondary N) is 1. The molecule has 0 amide bonds. The zero-order valence-electron chi connectivity index (χ0n) is 11.5. The zero-order valence-corrected chi connectivity index (χ0v) is 13.0. The molecular weight excluding hydrogens is 340 g/mol. The predicted octanol–water partition coefficient (Wildman–Crippen LogP) is 2.28. The predicted molar refractivity (Wildman–Crippen MR) is 81.5 cm³/mol. The monoisotopic (exact) mass is 354 g/mol. The van der Waals surface area contributed by atoms with E-state index in [2.05, 4.69) is 26.3 Å². The number of hydrogen-bond donors (Lipinski definition) is 1. The lowest BCUT2D eigenvalue weighted by Crippen LogP contribution is -2.18. The Hall–Kier alpha value is -1.77.